The van der Waals surface area contributed by atoms with Crippen molar-refractivity contribution < 1.29 is 9.45 Å². The Labute approximate surface area is 157 Å². The van der Waals surface area contributed by atoms with E-state index in [1.54, 1.807) is 6.07 Å². The van der Waals surface area contributed by atoms with Crippen LogP contribution in [0.4, 0.5) is 11.4 Å². The summed E-state index contributed by atoms with van der Waals surface area (Å²) in [5, 5.41) is 15.7. The number of piperidine rings is 1. The summed E-state index contributed by atoms with van der Waals surface area (Å²) in [7, 11) is 0. The average molecular weight is 371 g/mol. The molecule has 27 heavy (non-hydrogen) atoms. The van der Waals surface area contributed by atoms with Crippen LogP contribution in [-0.2, 0) is 5.54 Å². The molecule has 0 amide bonds. The fraction of sp³-hybridized carbons (Fsp3) is 0.579. The fourth-order valence-corrected chi connectivity index (χ4v) is 4.25. The molecular formula is C19H25N5O3. The molecule has 2 heterocycles. The van der Waals surface area contributed by atoms with E-state index in [9.17, 15) is 10.1 Å². The molecule has 1 atom stereocenters. The number of nitrogens with two attached hydrogens (primary N) is 1. The Bertz CT molecular complexity index is 844. The Morgan fingerprint density at radius 1 is 1.33 bits per heavy atom. The van der Waals surface area contributed by atoms with Crippen molar-refractivity contribution in [1.29, 1.82) is 0 Å². The standard InChI is InChI=1S/C19H25N5O3/c1-13-5-4-10-23(12-13)15-7-6-14(11-16(15)24(25)26)17-21-18(22-27-17)19(20)8-2-3-9-19/h6-7,11,13H,2-5,8-10,12,20H2,1H3. The first-order chi connectivity index (χ1) is 13.0. The third kappa shape index (κ3) is 3.41. The van der Waals surface area contributed by atoms with Gasteiger partial charge in [-0.25, -0.2) is 0 Å². The number of hydrogen-bond donors (Lipinski definition) is 1. The molecule has 1 aliphatic heterocycles. The molecule has 2 aromatic rings. The van der Waals surface area contributed by atoms with Gasteiger partial charge in [-0.1, -0.05) is 24.9 Å². The van der Waals surface area contributed by atoms with Gasteiger partial charge < -0.3 is 15.2 Å². The quantitative estimate of drug-likeness (QED) is 0.645. The van der Waals surface area contributed by atoms with Crippen molar-refractivity contribution in [3.05, 3.63) is 34.1 Å². The molecule has 1 unspecified atom stereocenters. The molecular weight excluding hydrogens is 346 g/mol. The second-order valence-corrected chi connectivity index (χ2v) is 7.94. The Morgan fingerprint density at radius 3 is 2.81 bits per heavy atom. The summed E-state index contributed by atoms with van der Waals surface area (Å²) < 4.78 is 5.39. The lowest BCUT2D eigenvalue weighted by Gasteiger charge is -2.32. The van der Waals surface area contributed by atoms with E-state index in [0.717, 1.165) is 51.6 Å². The minimum absolute atomic E-state index is 0.0738. The number of nitro benzene ring substituents is 1. The second-order valence-electron chi connectivity index (χ2n) is 7.94. The van der Waals surface area contributed by atoms with Crippen molar-refractivity contribution in [2.75, 3.05) is 18.0 Å². The number of hydrogen-bond acceptors (Lipinski definition) is 7. The Morgan fingerprint density at radius 2 is 2.11 bits per heavy atom. The van der Waals surface area contributed by atoms with E-state index in [1.165, 1.54) is 6.07 Å². The van der Waals surface area contributed by atoms with E-state index in [4.69, 9.17) is 10.3 Å². The van der Waals surface area contributed by atoms with Gasteiger partial charge in [0.1, 0.15) is 5.69 Å². The molecule has 144 valence electrons. The second kappa shape index (κ2) is 6.92. The maximum absolute atomic E-state index is 11.7. The normalized spacial score (nSPS) is 22.1. The summed E-state index contributed by atoms with van der Waals surface area (Å²) in [5.41, 5.74) is 7.12. The van der Waals surface area contributed by atoms with Crippen LogP contribution in [-0.4, -0.2) is 28.2 Å². The molecule has 0 spiro atoms. The van der Waals surface area contributed by atoms with E-state index in [-0.39, 0.29) is 16.5 Å². The van der Waals surface area contributed by atoms with E-state index in [2.05, 4.69) is 22.0 Å². The van der Waals surface area contributed by atoms with Crippen molar-refractivity contribution >= 4 is 11.4 Å². The molecule has 8 nitrogen and oxygen atoms in total. The fourth-order valence-electron chi connectivity index (χ4n) is 4.25. The molecule has 0 radical (unpaired) electrons. The summed E-state index contributed by atoms with van der Waals surface area (Å²) >= 11 is 0. The number of rotatable bonds is 4. The number of aromatic nitrogens is 2. The zero-order chi connectivity index (χ0) is 19.0. The molecule has 1 aliphatic carbocycles. The molecule has 2 aliphatic rings. The Balaban J connectivity index is 1.65. The molecule has 2 N–H and O–H groups in total. The van der Waals surface area contributed by atoms with Gasteiger partial charge in [-0.2, -0.15) is 4.98 Å². The smallest absolute Gasteiger partial charge is 0.293 e. The predicted octanol–water partition coefficient (Wildman–Crippen LogP) is 3.61. The maximum atomic E-state index is 11.7. The summed E-state index contributed by atoms with van der Waals surface area (Å²) in [6.07, 6.45) is 5.97. The molecule has 0 bridgehead atoms. The minimum atomic E-state index is -0.544. The van der Waals surface area contributed by atoms with Crippen molar-refractivity contribution in [3.63, 3.8) is 0 Å². The number of anilines is 1. The van der Waals surface area contributed by atoms with E-state index < -0.39 is 5.54 Å². The number of benzene rings is 1. The van der Waals surface area contributed by atoms with Gasteiger partial charge in [0.15, 0.2) is 5.82 Å². The molecule has 1 aromatic carbocycles. The Hall–Kier alpha value is -2.48. The minimum Gasteiger partial charge on any atom is -0.366 e. The molecule has 2 fully saturated rings. The van der Waals surface area contributed by atoms with Gasteiger partial charge in [0.25, 0.3) is 11.6 Å². The van der Waals surface area contributed by atoms with Crippen molar-refractivity contribution in [3.8, 4) is 11.5 Å². The van der Waals surface area contributed by atoms with E-state index in [0.29, 0.717) is 23.0 Å². The summed E-state index contributed by atoms with van der Waals surface area (Å²) in [6, 6.07) is 5.14. The van der Waals surface area contributed by atoms with Crippen molar-refractivity contribution in [2.45, 2.75) is 51.0 Å². The van der Waals surface area contributed by atoms with Gasteiger partial charge in [-0.15, -0.1) is 0 Å². The molecule has 1 saturated heterocycles. The van der Waals surface area contributed by atoms with Crippen LogP contribution in [0.25, 0.3) is 11.5 Å². The van der Waals surface area contributed by atoms with Crippen LogP contribution >= 0.6 is 0 Å². The average Bonchev–Trinajstić information content (AvgIpc) is 3.31. The number of nitrogens with zero attached hydrogens (tertiary/aromatic N) is 4. The molecule has 1 saturated carbocycles. The van der Waals surface area contributed by atoms with Crippen molar-refractivity contribution in [1.82, 2.24) is 10.1 Å². The number of nitro groups is 1. The first kappa shape index (κ1) is 17.9. The Kier molecular flexibility index (Phi) is 4.59. The molecule has 1 aromatic heterocycles. The highest BCUT2D eigenvalue weighted by Crippen LogP contribution is 2.37. The third-order valence-electron chi connectivity index (χ3n) is 5.78. The lowest BCUT2D eigenvalue weighted by Crippen LogP contribution is -2.34. The highest BCUT2D eigenvalue weighted by Gasteiger charge is 2.36. The van der Waals surface area contributed by atoms with Crippen LogP contribution in [0.1, 0.15) is 51.3 Å². The van der Waals surface area contributed by atoms with Crippen LogP contribution in [0.3, 0.4) is 0 Å². The highest BCUT2D eigenvalue weighted by molar-refractivity contribution is 5.71. The van der Waals surface area contributed by atoms with Gasteiger partial charge in [0.2, 0.25) is 0 Å². The van der Waals surface area contributed by atoms with Gasteiger partial charge in [0.05, 0.1) is 10.5 Å². The van der Waals surface area contributed by atoms with Crippen LogP contribution in [0, 0.1) is 16.0 Å². The molecule has 4 rings (SSSR count). The first-order valence-corrected chi connectivity index (χ1v) is 9.63. The van der Waals surface area contributed by atoms with Crippen LogP contribution in [0.5, 0.6) is 0 Å². The predicted molar refractivity (Wildman–Crippen MR) is 101 cm³/mol. The van der Waals surface area contributed by atoms with E-state index >= 15 is 0 Å². The van der Waals surface area contributed by atoms with Crippen LogP contribution in [0.2, 0.25) is 0 Å². The topological polar surface area (TPSA) is 111 Å². The first-order valence-electron chi connectivity index (χ1n) is 9.63. The summed E-state index contributed by atoms with van der Waals surface area (Å²) in [4.78, 5) is 17.9. The van der Waals surface area contributed by atoms with Crippen molar-refractivity contribution in [2.24, 2.45) is 11.7 Å². The van der Waals surface area contributed by atoms with Gasteiger partial charge in [-0.3, -0.25) is 10.1 Å². The largest absolute Gasteiger partial charge is 0.366 e. The monoisotopic (exact) mass is 371 g/mol. The summed E-state index contributed by atoms with van der Waals surface area (Å²) in [6.45, 7) is 3.85. The third-order valence-corrected chi connectivity index (χ3v) is 5.78. The summed E-state index contributed by atoms with van der Waals surface area (Å²) in [5.74, 6) is 1.30. The lowest BCUT2D eigenvalue weighted by atomic mass is 9.98. The van der Waals surface area contributed by atoms with Crippen LogP contribution < -0.4 is 10.6 Å². The van der Waals surface area contributed by atoms with Gasteiger partial charge in [-0.05, 0) is 43.7 Å². The van der Waals surface area contributed by atoms with Gasteiger partial charge >= 0.3 is 0 Å². The van der Waals surface area contributed by atoms with Gasteiger partial charge in [0, 0.05) is 24.7 Å². The zero-order valence-electron chi connectivity index (χ0n) is 15.6. The SMILES string of the molecule is CC1CCCN(c2ccc(-c3nc(C4(N)CCCC4)no3)cc2[N+](=O)[O-])C1. The van der Waals surface area contributed by atoms with Crippen LogP contribution in [0.15, 0.2) is 22.7 Å². The zero-order valence-corrected chi connectivity index (χ0v) is 15.6. The van der Waals surface area contributed by atoms with E-state index in [1.807, 2.05) is 6.07 Å². The maximum Gasteiger partial charge on any atom is 0.293 e. The highest BCUT2D eigenvalue weighted by atomic mass is 16.6. The lowest BCUT2D eigenvalue weighted by molar-refractivity contribution is -0.384. The molecule has 8 heteroatoms.